The van der Waals surface area contributed by atoms with Crippen molar-refractivity contribution in [2.24, 2.45) is 5.92 Å². The van der Waals surface area contributed by atoms with Crippen LogP contribution in [0.2, 0.25) is 0 Å². The van der Waals surface area contributed by atoms with Crippen LogP contribution >= 0.6 is 0 Å². The number of hydrogen-bond acceptors (Lipinski definition) is 3. The van der Waals surface area contributed by atoms with Crippen LogP contribution in [0.5, 0.6) is 0 Å². The van der Waals surface area contributed by atoms with E-state index in [2.05, 4.69) is 22.1 Å². The first-order valence-electron chi connectivity index (χ1n) is 7.98. The Morgan fingerprint density at radius 2 is 2.20 bits per heavy atom. The maximum atomic E-state index is 10.8. The predicted molar refractivity (Wildman–Crippen MR) is 95.1 cm³/mol. The molecule has 1 aliphatic rings. The smallest absolute Gasteiger partial charge is 0.327 e. The number of rotatable bonds is 4. The number of fused-ring (bicyclic) bond motifs is 1. The molecule has 0 spiro atoms. The molecule has 0 amide bonds. The largest absolute Gasteiger partial charge is 0.478 e. The monoisotopic (exact) mass is 332 g/mol. The molecular formula is C20H16N2O3. The van der Waals surface area contributed by atoms with Crippen molar-refractivity contribution in [1.29, 1.82) is 0 Å². The molecule has 25 heavy (non-hydrogen) atoms. The number of aromatic nitrogens is 2. The van der Waals surface area contributed by atoms with Crippen molar-refractivity contribution in [3.63, 3.8) is 0 Å². The van der Waals surface area contributed by atoms with E-state index >= 15 is 0 Å². The molecule has 5 heteroatoms. The number of carboxylic acids is 1. The number of H-pyrrole nitrogens is 1. The highest BCUT2D eigenvalue weighted by Crippen LogP contribution is 2.35. The fourth-order valence-electron chi connectivity index (χ4n) is 3.19. The van der Waals surface area contributed by atoms with Crippen LogP contribution in [0, 0.1) is 5.92 Å². The van der Waals surface area contributed by atoms with E-state index in [1.54, 1.807) is 18.6 Å². The first-order valence-corrected chi connectivity index (χ1v) is 7.98. The van der Waals surface area contributed by atoms with E-state index in [-0.39, 0.29) is 11.8 Å². The lowest BCUT2D eigenvalue weighted by Gasteiger charge is -2.21. The molecular weight excluding hydrogens is 316 g/mol. The van der Waals surface area contributed by atoms with E-state index < -0.39 is 5.97 Å². The minimum absolute atomic E-state index is 0.0170. The Morgan fingerprint density at radius 3 is 3.00 bits per heavy atom. The lowest BCUT2D eigenvalue weighted by molar-refractivity contribution is -0.131. The van der Waals surface area contributed by atoms with E-state index in [4.69, 9.17) is 9.52 Å². The first kappa shape index (κ1) is 15.2. The van der Waals surface area contributed by atoms with Crippen LogP contribution < -0.4 is 0 Å². The highest BCUT2D eigenvalue weighted by atomic mass is 16.4. The molecule has 3 aromatic heterocycles. The molecule has 2 atom stereocenters. The van der Waals surface area contributed by atoms with Gasteiger partial charge in [0, 0.05) is 46.8 Å². The average molecular weight is 332 g/mol. The fourth-order valence-corrected chi connectivity index (χ4v) is 3.19. The molecule has 2 unspecified atom stereocenters. The van der Waals surface area contributed by atoms with Crippen molar-refractivity contribution in [3.05, 3.63) is 79.1 Å². The molecule has 0 radical (unpaired) electrons. The molecule has 1 aliphatic carbocycles. The van der Waals surface area contributed by atoms with Crippen LogP contribution in [0.15, 0.2) is 77.9 Å². The van der Waals surface area contributed by atoms with Gasteiger partial charge >= 0.3 is 5.97 Å². The molecule has 5 nitrogen and oxygen atoms in total. The number of hydrogen-bond donors (Lipinski definition) is 2. The molecule has 0 bridgehead atoms. The zero-order chi connectivity index (χ0) is 17.2. The molecule has 0 aliphatic heterocycles. The average Bonchev–Trinajstić information content (AvgIpc) is 3.28. The van der Waals surface area contributed by atoms with E-state index in [0.29, 0.717) is 0 Å². The minimum Gasteiger partial charge on any atom is -0.478 e. The van der Waals surface area contributed by atoms with Crippen molar-refractivity contribution in [1.82, 2.24) is 9.97 Å². The lowest BCUT2D eigenvalue weighted by Crippen LogP contribution is -2.09. The van der Waals surface area contributed by atoms with Crippen LogP contribution in [0.25, 0.3) is 22.2 Å². The molecule has 2 N–H and O–H groups in total. The van der Waals surface area contributed by atoms with Crippen molar-refractivity contribution in [3.8, 4) is 11.1 Å². The third kappa shape index (κ3) is 2.92. The number of aromatic amines is 1. The van der Waals surface area contributed by atoms with E-state index in [1.807, 2.05) is 36.7 Å². The van der Waals surface area contributed by atoms with Crippen LogP contribution in [0.4, 0.5) is 0 Å². The van der Waals surface area contributed by atoms with Gasteiger partial charge in [-0.3, -0.25) is 0 Å². The number of nitrogens with one attached hydrogen (secondary N) is 1. The highest BCUT2D eigenvalue weighted by molar-refractivity contribution is 5.93. The molecule has 124 valence electrons. The predicted octanol–water partition coefficient (Wildman–Crippen LogP) is 4.29. The topological polar surface area (TPSA) is 79.1 Å². The number of pyridine rings is 1. The van der Waals surface area contributed by atoms with Gasteiger partial charge in [0.25, 0.3) is 0 Å². The third-order valence-corrected chi connectivity index (χ3v) is 4.41. The fraction of sp³-hybridized carbons (Fsp3) is 0.100. The van der Waals surface area contributed by atoms with Crippen molar-refractivity contribution in [2.75, 3.05) is 0 Å². The summed E-state index contributed by atoms with van der Waals surface area (Å²) in [6, 6.07) is 4.02. The summed E-state index contributed by atoms with van der Waals surface area (Å²) in [7, 11) is 0. The quantitative estimate of drug-likeness (QED) is 0.699. The van der Waals surface area contributed by atoms with Gasteiger partial charge in [-0.1, -0.05) is 30.4 Å². The number of aliphatic carboxylic acids is 1. The molecule has 0 saturated carbocycles. The summed E-state index contributed by atoms with van der Waals surface area (Å²) in [4.78, 5) is 18.6. The van der Waals surface area contributed by atoms with Crippen molar-refractivity contribution < 1.29 is 14.3 Å². The van der Waals surface area contributed by atoms with Gasteiger partial charge in [0.1, 0.15) is 5.65 Å². The Bertz CT molecular complexity index is 993. The Labute approximate surface area is 144 Å². The van der Waals surface area contributed by atoms with Crippen LogP contribution in [0.1, 0.15) is 11.5 Å². The molecule has 4 rings (SSSR count). The Balaban J connectivity index is 1.75. The molecule has 0 saturated heterocycles. The SMILES string of the molecule is O=C(O)/C=C/C1C=CC=CC1c1cnc2[nH]cc(-c3ccoc3)c2c1. The summed E-state index contributed by atoms with van der Waals surface area (Å²) in [5.41, 5.74) is 3.88. The maximum absolute atomic E-state index is 10.8. The second-order valence-electron chi connectivity index (χ2n) is 5.95. The second kappa shape index (κ2) is 6.28. The van der Waals surface area contributed by atoms with Crippen LogP contribution in [-0.4, -0.2) is 21.0 Å². The summed E-state index contributed by atoms with van der Waals surface area (Å²) >= 11 is 0. The molecule has 0 fully saturated rings. The number of carboxylic acid groups (broad SMARTS) is 1. The van der Waals surface area contributed by atoms with Gasteiger partial charge in [-0.2, -0.15) is 0 Å². The third-order valence-electron chi connectivity index (χ3n) is 4.41. The van der Waals surface area contributed by atoms with Gasteiger partial charge in [0.2, 0.25) is 0 Å². The van der Waals surface area contributed by atoms with Gasteiger partial charge < -0.3 is 14.5 Å². The Morgan fingerprint density at radius 1 is 1.32 bits per heavy atom. The van der Waals surface area contributed by atoms with E-state index in [1.165, 1.54) is 6.08 Å². The van der Waals surface area contributed by atoms with Crippen LogP contribution in [0.3, 0.4) is 0 Å². The van der Waals surface area contributed by atoms with E-state index in [9.17, 15) is 4.79 Å². The van der Waals surface area contributed by atoms with Gasteiger partial charge in [0.15, 0.2) is 0 Å². The summed E-state index contributed by atoms with van der Waals surface area (Å²) in [6.07, 6.45) is 18.0. The minimum atomic E-state index is -0.942. The van der Waals surface area contributed by atoms with Crippen LogP contribution in [-0.2, 0) is 4.79 Å². The summed E-state index contributed by atoms with van der Waals surface area (Å²) in [5, 5.41) is 9.92. The Kier molecular flexibility index (Phi) is 3.82. The molecule has 3 heterocycles. The van der Waals surface area contributed by atoms with Gasteiger partial charge in [-0.25, -0.2) is 9.78 Å². The summed E-state index contributed by atoms with van der Waals surface area (Å²) in [5.74, 6) is -0.913. The first-order chi connectivity index (χ1) is 12.2. The number of carbonyl (C=O) groups is 1. The maximum Gasteiger partial charge on any atom is 0.327 e. The summed E-state index contributed by atoms with van der Waals surface area (Å²) in [6.45, 7) is 0. The highest BCUT2D eigenvalue weighted by Gasteiger charge is 2.20. The zero-order valence-electron chi connectivity index (χ0n) is 13.3. The van der Waals surface area contributed by atoms with Gasteiger partial charge in [-0.15, -0.1) is 0 Å². The summed E-state index contributed by atoms with van der Waals surface area (Å²) < 4.78 is 5.19. The second-order valence-corrected chi connectivity index (χ2v) is 5.95. The van der Waals surface area contributed by atoms with Gasteiger partial charge in [0.05, 0.1) is 12.5 Å². The molecule has 0 aromatic carbocycles. The van der Waals surface area contributed by atoms with E-state index in [0.717, 1.165) is 27.7 Å². The normalized spacial score (nSPS) is 19.8. The number of allylic oxidation sites excluding steroid dienone is 5. The molecule has 3 aromatic rings. The number of furan rings is 1. The van der Waals surface area contributed by atoms with Crippen molar-refractivity contribution in [2.45, 2.75) is 5.92 Å². The Hall–Kier alpha value is -3.34. The number of nitrogens with zero attached hydrogens (tertiary/aromatic N) is 1. The standard InChI is InChI=1S/C20H16N2O3/c23-19(24)6-5-13-3-1-2-4-16(13)15-9-17-18(14-7-8-25-12-14)11-22-20(17)21-10-15/h1-13,16H,(H,21,22)(H,23,24)/b6-5+. The lowest BCUT2D eigenvalue weighted by atomic mass is 9.83. The van der Waals surface area contributed by atoms with Crippen molar-refractivity contribution >= 4 is 17.0 Å². The van der Waals surface area contributed by atoms with Gasteiger partial charge in [-0.05, 0) is 17.7 Å². The zero-order valence-corrected chi connectivity index (χ0v) is 13.3.